The third-order valence-electron chi connectivity index (χ3n) is 6.26. The fraction of sp³-hybridized carbons (Fsp3) is 0.370. The maximum Gasteiger partial charge on any atom is 0.224 e. The van der Waals surface area contributed by atoms with Gasteiger partial charge in [0.15, 0.2) is 0 Å². The lowest BCUT2D eigenvalue weighted by molar-refractivity contribution is -0.121. The van der Waals surface area contributed by atoms with E-state index in [0.717, 1.165) is 47.5 Å². The van der Waals surface area contributed by atoms with Gasteiger partial charge in [-0.15, -0.1) is 0 Å². The summed E-state index contributed by atoms with van der Waals surface area (Å²) in [6, 6.07) is 10.6. The Morgan fingerprint density at radius 1 is 0.971 bits per heavy atom. The van der Waals surface area contributed by atoms with Crippen LogP contribution in [0.2, 0.25) is 0 Å². The van der Waals surface area contributed by atoms with Crippen molar-refractivity contribution < 1.29 is 18.4 Å². The van der Waals surface area contributed by atoms with Gasteiger partial charge in [-0.1, -0.05) is 13.8 Å². The minimum Gasteiger partial charge on any atom is -0.356 e. The van der Waals surface area contributed by atoms with Crippen LogP contribution in [0.5, 0.6) is 0 Å². The van der Waals surface area contributed by atoms with Crippen LogP contribution in [-0.2, 0) is 9.59 Å². The van der Waals surface area contributed by atoms with Crippen molar-refractivity contribution in [2.45, 2.75) is 40.0 Å². The Kier molecular flexibility index (Phi) is 7.28. The third kappa shape index (κ3) is 6.12. The highest BCUT2D eigenvalue weighted by Crippen LogP contribution is 2.29. The van der Waals surface area contributed by atoms with E-state index in [4.69, 9.17) is 4.98 Å². The van der Waals surface area contributed by atoms with Gasteiger partial charge in [-0.2, -0.15) is 0 Å². The molecule has 0 aliphatic carbocycles. The summed E-state index contributed by atoms with van der Waals surface area (Å²) in [5, 5.41) is 6.11. The van der Waals surface area contributed by atoms with Crippen molar-refractivity contribution in [2.24, 2.45) is 11.8 Å². The van der Waals surface area contributed by atoms with E-state index >= 15 is 0 Å². The first-order valence-electron chi connectivity index (χ1n) is 11.9. The predicted octanol–water partition coefficient (Wildman–Crippen LogP) is 5.66. The highest BCUT2D eigenvalue weighted by molar-refractivity contribution is 5.98. The van der Waals surface area contributed by atoms with Crippen molar-refractivity contribution in [1.82, 2.24) is 4.98 Å². The van der Waals surface area contributed by atoms with Gasteiger partial charge < -0.3 is 15.5 Å². The van der Waals surface area contributed by atoms with E-state index in [1.165, 1.54) is 6.42 Å². The molecule has 1 aliphatic rings. The number of nitrogens with zero attached hydrogens (tertiary/aromatic N) is 2. The molecule has 1 aromatic heterocycles. The molecule has 0 unspecified atom stereocenters. The number of pyridine rings is 1. The van der Waals surface area contributed by atoms with E-state index in [9.17, 15) is 18.4 Å². The average molecular weight is 481 g/mol. The van der Waals surface area contributed by atoms with Crippen molar-refractivity contribution in [3.8, 4) is 0 Å². The number of rotatable bonds is 6. The molecule has 0 bridgehead atoms. The molecule has 0 spiro atoms. The van der Waals surface area contributed by atoms with Gasteiger partial charge in [-0.25, -0.2) is 13.8 Å². The van der Waals surface area contributed by atoms with Crippen LogP contribution in [0, 0.1) is 30.4 Å². The molecule has 6 nitrogen and oxygen atoms in total. The number of carbonyl (C=O) groups is 2. The van der Waals surface area contributed by atoms with Crippen LogP contribution in [0.25, 0.3) is 10.9 Å². The Morgan fingerprint density at radius 3 is 2.34 bits per heavy atom. The molecule has 2 aromatic carbocycles. The minimum atomic E-state index is -0.865. The summed E-state index contributed by atoms with van der Waals surface area (Å²) in [5.41, 5.74) is 2.43. The van der Waals surface area contributed by atoms with Crippen LogP contribution >= 0.6 is 0 Å². The van der Waals surface area contributed by atoms with Crippen LogP contribution in [0.4, 0.5) is 26.0 Å². The van der Waals surface area contributed by atoms with E-state index in [1.54, 1.807) is 6.07 Å². The maximum atomic E-state index is 13.7. The fourth-order valence-electron chi connectivity index (χ4n) is 4.72. The summed E-state index contributed by atoms with van der Waals surface area (Å²) in [6.07, 6.45) is 1.03. The van der Waals surface area contributed by atoms with Crippen molar-refractivity contribution in [1.29, 1.82) is 0 Å². The van der Waals surface area contributed by atoms with E-state index in [2.05, 4.69) is 35.4 Å². The Morgan fingerprint density at radius 2 is 1.66 bits per heavy atom. The Labute approximate surface area is 203 Å². The molecule has 8 heteroatoms. The quantitative estimate of drug-likeness (QED) is 0.477. The second kappa shape index (κ2) is 10.4. The molecule has 4 rings (SSSR count). The molecule has 3 aromatic rings. The van der Waals surface area contributed by atoms with Crippen molar-refractivity contribution in [3.05, 3.63) is 59.7 Å². The first kappa shape index (κ1) is 24.6. The van der Waals surface area contributed by atoms with Gasteiger partial charge in [0.05, 0.1) is 11.2 Å². The lowest BCUT2D eigenvalue weighted by Gasteiger charge is -2.36. The minimum absolute atomic E-state index is 0.0752. The smallest absolute Gasteiger partial charge is 0.224 e. The lowest BCUT2D eigenvalue weighted by Crippen LogP contribution is -2.39. The number of benzene rings is 2. The molecule has 184 valence electrons. The van der Waals surface area contributed by atoms with E-state index in [1.807, 2.05) is 19.1 Å². The molecule has 35 heavy (non-hydrogen) atoms. The molecule has 1 saturated heterocycles. The van der Waals surface area contributed by atoms with Gasteiger partial charge >= 0.3 is 0 Å². The monoisotopic (exact) mass is 480 g/mol. The summed E-state index contributed by atoms with van der Waals surface area (Å²) >= 11 is 0. The second-order valence-electron chi connectivity index (χ2n) is 9.60. The number of hydrogen-bond donors (Lipinski definition) is 2. The standard InChI is InChI=1S/C27H30F2N4O2/c1-16-10-17(2)15-33(14-16)25-11-18(3)21-13-20(5-7-23(21)31-25)30-26(34)8-9-27(35)32-24-6-4-19(28)12-22(24)29/h4-7,11-13,16-17H,8-10,14-15H2,1-3H3,(H,30,34)(H,32,35)/t16-,17+. The van der Waals surface area contributed by atoms with Gasteiger partial charge in [-0.05, 0) is 67.1 Å². The normalized spacial score (nSPS) is 17.9. The SMILES string of the molecule is Cc1cc(N2C[C@H](C)C[C@H](C)C2)nc2ccc(NC(=O)CCC(=O)Nc3ccc(F)cc3F)cc12. The summed E-state index contributed by atoms with van der Waals surface area (Å²) < 4.78 is 26.7. The third-order valence-corrected chi connectivity index (χ3v) is 6.26. The number of carbonyl (C=O) groups excluding carboxylic acids is 2. The Hall–Kier alpha value is -3.55. The zero-order valence-electron chi connectivity index (χ0n) is 20.2. The van der Waals surface area contributed by atoms with Gasteiger partial charge in [0.1, 0.15) is 17.5 Å². The first-order valence-corrected chi connectivity index (χ1v) is 11.9. The van der Waals surface area contributed by atoms with Crippen LogP contribution in [0.3, 0.4) is 0 Å². The number of anilines is 3. The molecule has 2 heterocycles. The topological polar surface area (TPSA) is 74.3 Å². The van der Waals surface area contributed by atoms with Crippen LogP contribution in [0.15, 0.2) is 42.5 Å². The van der Waals surface area contributed by atoms with Crippen LogP contribution in [-0.4, -0.2) is 29.9 Å². The van der Waals surface area contributed by atoms with Crippen molar-refractivity contribution in [3.63, 3.8) is 0 Å². The number of aromatic nitrogens is 1. The van der Waals surface area contributed by atoms with Gasteiger partial charge in [-0.3, -0.25) is 9.59 Å². The van der Waals surface area contributed by atoms with E-state index in [-0.39, 0.29) is 24.4 Å². The van der Waals surface area contributed by atoms with E-state index in [0.29, 0.717) is 23.6 Å². The predicted molar refractivity (Wildman–Crippen MR) is 134 cm³/mol. The van der Waals surface area contributed by atoms with Gasteiger partial charge in [0.2, 0.25) is 11.8 Å². The lowest BCUT2D eigenvalue weighted by atomic mass is 9.92. The summed E-state index contributed by atoms with van der Waals surface area (Å²) in [7, 11) is 0. The highest BCUT2D eigenvalue weighted by atomic mass is 19.1. The number of amides is 2. The molecule has 1 aliphatic heterocycles. The number of aryl methyl sites for hydroxylation is 1. The number of hydrogen-bond acceptors (Lipinski definition) is 4. The molecule has 0 radical (unpaired) electrons. The second-order valence-corrected chi connectivity index (χ2v) is 9.60. The van der Waals surface area contributed by atoms with E-state index < -0.39 is 17.5 Å². The first-order chi connectivity index (χ1) is 16.7. The Balaban J connectivity index is 1.37. The number of nitrogens with one attached hydrogen (secondary N) is 2. The average Bonchev–Trinajstić information content (AvgIpc) is 2.79. The molecular weight excluding hydrogens is 450 g/mol. The summed E-state index contributed by atoms with van der Waals surface area (Å²) in [6.45, 7) is 8.58. The van der Waals surface area contributed by atoms with Crippen molar-refractivity contribution >= 4 is 39.9 Å². The summed E-state index contributed by atoms with van der Waals surface area (Å²) in [4.78, 5) is 31.7. The molecule has 2 amide bonds. The van der Waals surface area contributed by atoms with Gasteiger partial charge in [0, 0.05) is 43.1 Å². The molecule has 1 fully saturated rings. The zero-order chi connectivity index (χ0) is 25.1. The van der Waals surface area contributed by atoms with Gasteiger partial charge in [0.25, 0.3) is 0 Å². The largest absolute Gasteiger partial charge is 0.356 e. The molecular formula is C27H30F2N4O2. The molecule has 2 atom stereocenters. The Bertz CT molecular complexity index is 1250. The highest BCUT2D eigenvalue weighted by Gasteiger charge is 2.23. The molecule has 0 saturated carbocycles. The zero-order valence-corrected chi connectivity index (χ0v) is 20.2. The number of halogens is 2. The number of piperidine rings is 1. The maximum absolute atomic E-state index is 13.7. The molecule has 2 N–H and O–H groups in total. The fourth-order valence-corrected chi connectivity index (χ4v) is 4.72. The number of fused-ring (bicyclic) bond motifs is 1. The van der Waals surface area contributed by atoms with Crippen LogP contribution < -0.4 is 15.5 Å². The van der Waals surface area contributed by atoms with Crippen LogP contribution in [0.1, 0.15) is 38.7 Å². The summed E-state index contributed by atoms with van der Waals surface area (Å²) in [5.74, 6) is -0.218. The van der Waals surface area contributed by atoms with Crippen molar-refractivity contribution in [2.75, 3.05) is 28.6 Å².